The lowest BCUT2D eigenvalue weighted by Gasteiger charge is -2.31. The van der Waals surface area contributed by atoms with Gasteiger partial charge in [0.15, 0.2) is 5.78 Å². The van der Waals surface area contributed by atoms with Crippen LogP contribution in [0.25, 0.3) is 0 Å². The molecule has 0 bridgehead atoms. The average Bonchev–Trinajstić information content (AvgIpc) is 2.75. The van der Waals surface area contributed by atoms with E-state index < -0.39 is 0 Å². The van der Waals surface area contributed by atoms with E-state index in [2.05, 4.69) is 12.2 Å². The normalized spacial score (nSPS) is 14.5. The van der Waals surface area contributed by atoms with Crippen LogP contribution in [0.3, 0.4) is 0 Å². The van der Waals surface area contributed by atoms with Gasteiger partial charge in [0.2, 0.25) is 11.8 Å². The first kappa shape index (κ1) is 22.9. The van der Waals surface area contributed by atoms with Crippen LogP contribution in [0, 0.1) is 5.92 Å². The minimum absolute atomic E-state index is 0.00818. The van der Waals surface area contributed by atoms with Crippen molar-refractivity contribution in [2.45, 2.75) is 58.8 Å². The number of Topliss-reactive ketones (excluding diaryl/α,β-unsaturated/α-hetero) is 1. The van der Waals surface area contributed by atoms with Crippen LogP contribution in [0.5, 0.6) is 5.75 Å². The zero-order valence-corrected chi connectivity index (χ0v) is 17.7. The summed E-state index contributed by atoms with van der Waals surface area (Å²) in [5.74, 6) is 0.788. The van der Waals surface area contributed by atoms with E-state index in [0.717, 1.165) is 31.6 Å². The molecule has 1 aromatic carbocycles. The van der Waals surface area contributed by atoms with Gasteiger partial charge in [-0.3, -0.25) is 14.4 Å². The Morgan fingerprint density at radius 3 is 2.34 bits per heavy atom. The molecule has 1 saturated heterocycles. The van der Waals surface area contributed by atoms with Crippen LogP contribution in [0.4, 0.5) is 0 Å². The number of unbranched alkanes of at least 4 members (excludes halogenated alkanes) is 2. The Morgan fingerprint density at radius 1 is 1.03 bits per heavy atom. The summed E-state index contributed by atoms with van der Waals surface area (Å²) < 4.78 is 5.38. The first-order chi connectivity index (χ1) is 14.0. The molecule has 0 aliphatic carbocycles. The fraction of sp³-hybridized carbons (Fsp3) is 0.609. The molecule has 1 aliphatic heterocycles. The summed E-state index contributed by atoms with van der Waals surface area (Å²) in [6.45, 7) is 6.54. The second-order valence-corrected chi connectivity index (χ2v) is 7.53. The number of carbonyl (C=O) groups excluding carboxylic acids is 3. The van der Waals surface area contributed by atoms with Crippen molar-refractivity contribution in [2.75, 3.05) is 26.2 Å². The summed E-state index contributed by atoms with van der Waals surface area (Å²) in [6.07, 6.45) is 5.07. The van der Waals surface area contributed by atoms with E-state index in [1.807, 2.05) is 6.92 Å². The Kier molecular flexibility index (Phi) is 9.68. The van der Waals surface area contributed by atoms with Gasteiger partial charge in [0.05, 0.1) is 6.61 Å². The number of likely N-dealkylation sites (tertiary alicyclic amines) is 1. The van der Waals surface area contributed by atoms with Crippen molar-refractivity contribution >= 4 is 17.6 Å². The number of ether oxygens (including phenoxy) is 1. The smallest absolute Gasteiger partial charge is 0.223 e. The van der Waals surface area contributed by atoms with E-state index in [4.69, 9.17) is 4.74 Å². The molecule has 0 unspecified atom stereocenters. The van der Waals surface area contributed by atoms with Crippen LogP contribution in [0.2, 0.25) is 0 Å². The van der Waals surface area contributed by atoms with E-state index in [0.29, 0.717) is 38.1 Å². The molecule has 0 atom stereocenters. The first-order valence-corrected chi connectivity index (χ1v) is 10.9. The topological polar surface area (TPSA) is 75.7 Å². The predicted octanol–water partition coefficient (Wildman–Crippen LogP) is 3.59. The van der Waals surface area contributed by atoms with Gasteiger partial charge in [-0.25, -0.2) is 0 Å². The number of nitrogens with one attached hydrogen (secondary N) is 1. The molecule has 0 aromatic heterocycles. The molecule has 1 heterocycles. The van der Waals surface area contributed by atoms with Gasteiger partial charge in [-0.1, -0.05) is 19.8 Å². The van der Waals surface area contributed by atoms with E-state index in [-0.39, 0.29) is 36.4 Å². The number of amides is 2. The molecule has 1 aliphatic rings. The molecule has 0 spiro atoms. The van der Waals surface area contributed by atoms with Crippen molar-refractivity contribution in [3.05, 3.63) is 29.8 Å². The van der Waals surface area contributed by atoms with Crippen molar-refractivity contribution < 1.29 is 19.1 Å². The summed E-state index contributed by atoms with van der Waals surface area (Å²) in [5.41, 5.74) is 0.597. The zero-order chi connectivity index (χ0) is 21.1. The highest BCUT2D eigenvalue weighted by Gasteiger charge is 2.27. The van der Waals surface area contributed by atoms with E-state index in [1.54, 1.807) is 29.2 Å². The maximum absolute atomic E-state index is 12.4. The number of ketones is 1. The number of hydrogen-bond acceptors (Lipinski definition) is 4. The molecule has 160 valence electrons. The standard InChI is InChI=1S/C23H34N2O4/c1-3-5-6-15-24-23(28)19-13-16-25(17-14-19)22(27)12-11-21(26)18-7-9-20(10-8-18)29-4-2/h7-10,19H,3-6,11-17H2,1-2H3,(H,24,28). The van der Waals surface area contributed by atoms with Gasteiger partial charge in [0.1, 0.15) is 5.75 Å². The van der Waals surface area contributed by atoms with Gasteiger partial charge in [0.25, 0.3) is 0 Å². The highest BCUT2D eigenvalue weighted by Crippen LogP contribution is 2.19. The molecule has 6 heteroatoms. The van der Waals surface area contributed by atoms with Crippen molar-refractivity contribution in [3.63, 3.8) is 0 Å². The summed E-state index contributed by atoms with van der Waals surface area (Å²) >= 11 is 0. The van der Waals surface area contributed by atoms with Gasteiger partial charge < -0.3 is 15.0 Å². The Bertz CT molecular complexity index is 664. The second kappa shape index (κ2) is 12.2. The van der Waals surface area contributed by atoms with Crippen molar-refractivity contribution in [3.8, 4) is 5.75 Å². The van der Waals surface area contributed by atoms with Crippen LogP contribution < -0.4 is 10.1 Å². The summed E-state index contributed by atoms with van der Waals surface area (Å²) in [5, 5.41) is 3.01. The number of rotatable bonds is 11. The molecule has 1 N–H and O–H groups in total. The first-order valence-electron chi connectivity index (χ1n) is 10.9. The monoisotopic (exact) mass is 402 g/mol. The van der Waals surface area contributed by atoms with Gasteiger partial charge >= 0.3 is 0 Å². The van der Waals surface area contributed by atoms with Crippen LogP contribution in [-0.2, 0) is 9.59 Å². The van der Waals surface area contributed by atoms with Gasteiger partial charge in [0, 0.05) is 44.0 Å². The van der Waals surface area contributed by atoms with Crippen molar-refractivity contribution in [1.29, 1.82) is 0 Å². The average molecular weight is 403 g/mol. The number of nitrogens with zero attached hydrogens (tertiary/aromatic N) is 1. The van der Waals surface area contributed by atoms with E-state index >= 15 is 0 Å². The molecule has 2 rings (SSSR count). The van der Waals surface area contributed by atoms with Crippen LogP contribution in [-0.4, -0.2) is 48.7 Å². The third-order valence-electron chi connectivity index (χ3n) is 5.35. The van der Waals surface area contributed by atoms with Gasteiger partial charge in [-0.15, -0.1) is 0 Å². The Balaban J connectivity index is 1.69. The molecule has 6 nitrogen and oxygen atoms in total. The lowest BCUT2D eigenvalue weighted by atomic mass is 9.95. The molecule has 2 amide bonds. The number of carbonyl (C=O) groups is 3. The summed E-state index contributed by atoms with van der Waals surface area (Å²) in [6, 6.07) is 7.03. The van der Waals surface area contributed by atoms with Crippen molar-refractivity contribution in [1.82, 2.24) is 10.2 Å². The predicted molar refractivity (Wildman–Crippen MR) is 113 cm³/mol. The number of hydrogen-bond donors (Lipinski definition) is 1. The fourth-order valence-corrected chi connectivity index (χ4v) is 3.55. The third-order valence-corrected chi connectivity index (χ3v) is 5.35. The molecule has 1 fully saturated rings. The minimum atomic E-state index is -0.0391. The van der Waals surface area contributed by atoms with Gasteiger partial charge in [-0.2, -0.15) is 0 Å². The molecular formula is C23H34N2O4. The largest absolute Gasteiger partial charge is 0.494 e. The highest BCUT2D eigenvalue weighted by atomic mass is 16.5. The summed E-state index contributed by atoms with van der Waals surface area (Å²) in [4.78, 5) is 38.8. The Morgan fingerprint density at radius 2 is 1.72 bits per heavy atom. The molecule has 0 saturated carbocycles. The molecular weight excluding hydrogens is 368 g/mol. The van der Waals surface area contributed by atoms with Crippen LogP contribution >= 0.6 is 0 Å². The lowest BCUT2D eigenvalue weighted by molar-refractivity contribution is -0.135. The SMILES string of the molecule is CCCCCNC(=O)C1CCN(C(=O)CCC(=O)c2ccc(OCC)cc2)CC1. The zero-order valence-electron chi connectivity index (χ0n) is 17.7. The minimum Gasteiger partial charge on any atom is -0.494 e. The van der Waals surface area contributed by atoms with Crippen LogP contribution in [0.1, 0.15) is 69.2 Å². The third kappa shape index (κ3) is 7.52. The van der Waals surface area contributed by atoms with Crippen molar-refractivity contribution in [2.24, 2.45) is 5.92 Å². The molecule has 29 heavy (non-hydrogen) atoms. The molecule has 0 radical (unpaired) electrons. The Hall–Kier alpha value is -2.37. The second-order valence-electron chi connectivity index (χ2n) is 7.53. The highest BCUT2D eigenvalue weighted by molar-refractivity contribution is 5.98. The number of benzene rings is 1. The maximum Gasteiger partial charge on any atom is 0.223 e. The maximum atomic E-state index is 12.4. The van der Waals surface area contributed by atoms with Gasteiger partial charge in [-0.05, 0) is 50.5 Å². The molecule has 1 aromatic rings. The van der Waals surface area contributed by atoms with E-state index in [1.165, 1.54) is 0 Å². The van der Waals surface area contributed by atoms with E-state index in [9.17, 15) is 14.4 Å². The fourth-order valence-electron chi connectivity index (χ4n) is 3.55. The quantitative estimate of drug-likeness (QED) is 0.453. The van der Waals surface area contributed by atoms with Crippen LogP contribution in [0.15, 0.2) is 24.3 Å². The lowest BCUT2D eigenvalue weighted by Crippen LogP contribution is -2.43. The number of piperidine rings is 1. The Labute approximate surface area is 174 Å². The summed E-state index contributed by atoms with van der Waals surface area (Å²) in [7, 11) is 0.